The van der Waals surface area contributed by atoms with Crippen molar-refractivity contribution < 1.29 is 13.2 Å². The summed E-state index contributed by atoms with van der Waals surface area (Å²) in [5.41, 5.74) is 1.06. The fraction of sp³-hybridized carbons (Fsp3) is 0.600. The normalized spacial score (nSPS) is 24.8. The van der Waals surface area contributed by atoms with Crippen molar-refractivity contribution in [1.82, 2.24) is 4.31 Å². The molecule has 4 nitrogen and oxygen atoms in total. The number of morpholine rings is 1. The quantitative estimate of drug-likeness (QED) is 0.858. The van der Waals surface area contributed by atoms with Gasteiger partial charge in [0.15, 0.2) is 0 Å². The molecule has 5 heteroatoms. The first-order valence-electron chi connectivity index (χ1n) is 7.15. The van der Waals surface area contributed by atoms with Gasteiger partial charge in [0.05, 0.1) is 17.6 Å². The number of ether oxygens (including phenoxy) is 1. The summed E-state index contributed by atoms with van der Waals surface area (Å²) in [7, 11) is -3.43. The number of nitrogens with zero attached hydrogens (tertiary/aromatic N) is 1. The minimum Gasteiger partial charge on any atom is -0.375 e. The van der Waals surface area contributed by atoms with E-state index in [1.165, 1.54) is 0 Å². The molecule has 0 spiro atoms. The average molecular weight is 297 g/mol. The molecular weight excluding hydrogens is 274 g/mol. The molecule has 1 fully saturated rings. The van der Waals surface area contributed by atoms with Crippen molar-refractivity contribution in [3.05, 3.63) is 29.8 Å². The number of benzene rings is 1. The second kappa shape index (κ2) is 6.24. The van der Waals surface area contributed by atoms with Crippen LogP contribution >= 0.6 is 0 Å². The van der Waals surface area contributed by atoms with Crippen LogP contribution in [0.4, 0.5) is 0 Å². The summed E-state index contributed by atoms with van der Waals surface area (Å²) in [5.74, 6) is 0. The van der Waals surface area contributed by atoms with Gasteiger partial charge in [-0.15, -0.1) is 0 Å². The number of sulfonamides is 1. The Bertz CT molecular complexity index is 539. The topological polar surface area (TPSA) is 46.6 Å². The van der Waals surface area contributed by atoms with Crippen molar-refractivity contribution in [1.29, 1.82) is 0 Å². The molecule has 0 aromatic heterocycles. The molecular formula is C15H23NO3S. The summed E-state index contributed by atoms with van der Waals surface area (Å²) in [6.07, 6.45) is 1.73. The molecule has 0 aliphatic carbocycles. The Morgan fingerprint density at radius 1 is 1.30 bits per heavy atom. The van der Waals surface area contributed by atoms with Crippen LogP contribution in [0, 0.1) is 6.92 Å². The van der Waals surface area contributed by atoms with E-state index in [2.05, 4.69) is 6.92 Å². The minimum atomic E-state index is -3.43. The molecule has 20 heavy (non-hydrogen) atoms. The lowest BCUT2D eigenvalue weighted by atomic mass is 10.1. The van der Waals surface area contributed by atoms with Crippen LogP contribution in [0.3, 0.4) is 0 Å². The van der Waals surface area contributed by atoms with Gasteiger partial charge >= 0.3 is 0 Å². The SMILES string of the molecule is CCC[C@@H]1CO[C@@H](C)CN1S(=O)(=O)c1ccc(C)cc1. The van der Waals surface area contributed by atoms with Crippen LogP contribution < -0.4 is 0 Å². The van der Waals surface area contributed by atoms with Crippen molar-refractivity contribution in [2.75, 3.05) is 13.2 Å². The van der Waals surface area contributed by atoms with Crippen LogP contribution in [0.2, 0.25) is 0 Å². The van der Waals surface area contributed by atoms with Gasteiger partial charge in [-0.05, 0) is 32.4 Å². The zero-order valence-corrected chi connectivity index (χ0v) is 13.2. The molecule has 1 saturated heterocycles. The maximum absolute atomic E-state index is 12.8. The van der Waals surface area contributed by atoms with Crippen LogP contribution in [0.5, 0.6) is 0 Å². The van der Waals surface area contributed by atoms with Gasteiger partial charge in [-0.1, -0.05) is 31.0 Å². The number of hydrogen-bond acceptors (Lipinski definition) is 3. The summed E-state index contributed by atoms with van der Waals surface area (Å²) in [6, 6.07) is 7.00. The van der Waals surface area contributed by atoms with E-state index in [4.69, 9.17) is 4.74 Å². The predicted octanol–water partition coefficient (Wildman–Crippen LogP) is 2.57. The maximum Gasteiger partial charge on any atom is 0.243 e. The van der Waals surface area contributed by atoms with Gasteiger partial charge in [-0.25, -0.2) is 8.42 Å². The summed E-state index contributed by atoms with van der Waals surface area (Å²) >= 11 is 0. The third kappa shape index (κ3) is 3.22. The second-order valence-corrected chi connectivity index (χ2v) is 7.36. The molecule has 112 valence electrons. The average Bonchev–Trinajstić information content (AvgIpc) is 2.41. The zero-order chi connectivity index (χ0) is 14.8. The molecule has 1 aliphatic rings. The van der Waals surface area contributed by atoms with Crippen molar-refractivity contribution in [3.63, 3.8) is 0 Å². The molecule has 0 saturated carbocycles. The first kappa shape index (κ1) is 15.5. The van der Waals surface area contributed by atoms with Gasteiger partial charge in [0.1, 0.15) is 0 Å². The van der Waals surface area contributed by atoms with E-state index >= 15 is 0 Å². The summed E-state index contributed by atoms with van der Waals surface area (Å²) in [5, 5.41) is 0. The lowest BCUT2D eigenvalue weighted by molar-refractivity contribution is -0.0244. The summed E-state index contributed by atoms with van der Waals surface area (Å²) in [4.78, 5) is 0.373. The molecule has 0 amide bonds. The molecule has 1 aromatic rings. The zero-order valence-electron chi connectivity index (χ0n) is 12.4. The van der Waals surface area contributed by atoms with Crippen LogP contribution in [-0.2, 0) is 14.8 Å². The van der Waals surface area contributed by atoms with E-state index < -0.39 is 10.0 Å². The highest BCUT2D eigenvalue weighted by Crippen LogP contribution is 2.25. The Kier molecular flexibility index (Phi) is 4.83. The van der Waals surface area contributed by atoms with Crippen molar-refractivity contribution in [2.45, 2.75) is 50.7 Å². The number of aryl methyl sites for hydroxylation is 1. The number of hydrogen-bond donors (Lipinski definition) is 0. The van der Waals surface area contributed by atoms with Crippen LogP contribution in [-0.4, -0.2) is 38.0 Å². The Balaban J connectivity index is 2.31. The monoisotopic (exact) mass is 297 g/mol. The van der Waals surface area contributed by atoms with E-state index in [1.54, 1.807) is 16.4 Å². The van der Waals surface area contributed by atoms with Gasteiger partial charge < -0.3 is 4.74 Å². The number of rotatable bonds is 4. The Morgan fingerprint density at radius 3 is 2.55 bits per heavy atom. The molecule has 1 aliphatic heterocycles. The van der Waals surface area contributed by atoms with E-state index in [9.17, 15) is 8.42 Å². The second-order valence-electron chi connectivity index (χ2n) is 5.47. The van der Waals surface area contributed by atoms with Gasteiger partial charge in [-0.3, -0.25) is 0 Å². The third-order valence-electron chi connectivity index (χ3n) is 3.67. The Morgan fingerprint density at radius 2 is 1.95 bits per heavy atom. The fourth-order valence-electron chi connectivity index (χ4n) is 2.51. The minimum absolute atomic E-state index is 0.0525. The van der Waals surface area contributed by atoms with Crippen molar-refractivity contribution in [3.8, 4) is 0 Å². The highest BCUT2D eigenvalue weighted by Gasteiger charge is 2.35. The predicted molar refractivity (Wildman–Crippen MR) is 79.2 cm³/mol. The van der Waals surface area contributed by atoms with Gasteiger partial charge in [0.2, 0.25) is 10.0 Å². The molecule has 0 N–H and O–H groups in total. The lowest BCUT2D eigenvalue weighted by Crippen LogP contribution is -2.51. The van der Waals surface area contributed by atoms with Crippen LogP contribution in [0.25, 0.3) is 0 Å². The van der Waals surface area contributed by atoms with Crippen molar-refractivity contribution in [2.24, 2.45) is 0 Å². The Hall–Kier alpha value is -0.910. The molecule has 2 atom stereocenters. The first-order chi connectivity index (χ1) is 9.45. The van der Waals surface area contributed by atoms with Gasteiger partial charge in [-0.2, -0.15) is 4.31 Å². The highest BCUT2D eigenvalue weighted by atomic mass is 32.2. The smallest absolute Gasteiger partial charge is 0.243 e. The standard InChI is InChI=1S/C15H23NO3S/c1-4-5-14-11-19-13(3)10-16(14)20(17,18)15-8-6-12(2)7-9-15/h6-9,13-14H,4-5,10-11H2,1-3H3/t13-,14+/m0/s1. The van der Waals surface area contributed by atoms with E-state index in [1.807, 2.05) is 26.0 Å². The summed E-state index contributed by atoms with van der Waals surface area (Å²) in [6.45, 7) is 6.85. The van der Waals surface area contributed by atoms with Gasteiger partial charge in [0.25, 0.3) is 0 Å². The lowest BCUT2D eigenvalue weighted by Gasteiger charge is -2.37. The Labute approximate surface area is 121 Å². The summed E-state index contributed by atoms with van der Waals surface area (Å²) < 4.78 is 32.8. The first-order valence-corrected chi connectivity index (χ1v) is 8.59. The maximum atomic E-state index is 12.8. The third-order valence-corrected chi connectivity index (χ3v) is 5.60. The molecule has 0 bridgehead atoms. The van der Waals surface area contributed by atoms with E-state index in [-0.39, 0.29) is 12.1 Å². The largest absolute Gasteiger partial charge is 0.375 e. The molecule has 2 rings (SSSR count). The highest BCUT2D eigenvalue weighted by molar-refractivity contribution is 7.89. The van der Waals surface area contributed by atoms with Gasteiger partial charge in [0, 0.05) is 12.6 Å². The molecule has 0 radical (unpaired) electrons. The fourth-order valence-corrected chi connectivity index (χ4v) is 4.23. The van der Waals surface area contributed by atoms with E-state index in [0.717, 1.165) is 18.4 Å². The molecule has 1 heterocycles. The molecule has 0 unspecified atom stereocenters. The van der Waals surface area contributed by atoms with Crippen LogP contribution in [0.15, 0.2) is 29.2 Å². The van der Waals surface area contributed by atoms with E-state index in [0.29, 0.717) is 18.0 Å². The van der Waals surface area contributed by atoms with Crippen molar-refractivity contribution >= 4 is 10.0 Å². The van der Waals surface area contributed by atoms with Crippen LogP contribution in [0.1, 0.15) is 32.3 Å². The molecule has 1 aromatic carbocycles.